The lowest BCUT2D eigenvalue weighted by molar-refractivity contribution is -0.385. The van der Waals surface area contributed by atoms with Crippen LogP contribution in [0.3, 0.4) is 0 Å². The molecule has 0 heterocycles. The van der Waals surface area contributed by atoms with Crippen LogP contribution >= 0.6 is 0 Å². The van der Waals surface area contributed by atoms with E-state index in [0.29, 0.717) is 0 Å². The molecule has 0 spiro atoms. The first-order valence-corrected chi connectivity index (χ1v) is 6.13. The summed E-state index contributed by atoms with van der Waals surface area (Å²) >= 11 is 0. The molecule has 0 fully saturated rings. The number of carbonyl (C=O) groups is 2. The molecule has 0 aliphatic rings. The molecule has 0 aromatic heterocycles. The first-order valence-electron chi connectivity index (χ1n) is 6.13. The zero-order valence-electron chi connectivity index (χ0n) is 11.9. The van der Waals surface area contributed by atoms with Crippen LogP contribution < -0.4 is 0 Å². The molecule has 0 unspecified atom stereocenters. The average molecular weight is 298 g/mol. The van der Waals surface area contributed by atoms with Crippen LogP contribution in [0.5, 0.6) is 0 Å². The van der Waals surface area contributed by atoms with Gasteiger partial charge in [0.25, 0.3) is 11.6 Å². The molecule has 8 heteroatoms. The highest BCUT2D eigenvalue weighted by Gasteiger charge is 2.23. The Bertz CT molecular complexity index is 588. The Morgan fingerprint density at radius 3 is 2.57 bits per heavy atom. The number of benzene rings is 1. The van der Waals surface area contributed by atoms with Crippen molar-refractivity contribution in [1.82, 2.24) is 4.90 Å². The Morgan fingerprint density at radius 1 is 1.43 bits per heavy atom. The molecule has 1 rings (SSSR count). The second-order valence-electron chi connectivity index (χ2n) is 4.35. The van der Waals surface area contributed by atoms with Gasteiger partial charge in [0.05, 0.1) is 17.1 Å². The minimum absolute atomic E-state index is 0.0166. The summed E-state index contributed by atoms with van der Waals surface area (Å²) in [5, 5.41) is 10.8. The molecule has 0 bridgehead atoms. The fraction of sp³-hybridized carbons (Fsp3) is 0.385. The standard InChI is InChI=1S/C13H15FN2O5/c1-4-21-11(17)7-15(3)13(18)10-6-9(16(19)20)5-8(2)12(10)14/h5-6H,4,7H2,1-3H3. The van der Waals surface area contributed by atoms with Crippen molar-refractivity contribution in [3.05, 3.63) is 39.2 Å². The predicted octanol–water partition coefficient (Wildman–Crippen LogP) is 1.68. The van der Waals surface area contributed by atoms with Crippen molar-refractivity contribution in [2.24, 2.45) is 0 Å². The minimum atomic E-state index is -0.846. The quantitative estimate of drug-likeness (QED) is 0.468. The number of non-ortho nitro benzene ring substituents is 1. The van der Waals surface area contributed by atoms with Crippen molar-refractivity contribution in [2.75, 3.05) is 20.2 Å². The molecule has 0 saturated carbocycles. The van der Waals surface area contributed by atoms with Crippen molar-refractivity contribution >= 4 is 17.6 Å². The van der Waals surface area contributed by atoms with Gasteiger partial charge in [0.2, 0.25) is 0 Å². The predicted molar refractivity (Wildman–Crippen MR) is 71.4 cm³/mol. The van der Waals surface area contributed by atoms with Crippen LogP contribution in [0.1, 0.15) is 22.8 Å². The van der Waals surface area contributed by atoms with E-state index in [1.54, 1.807) is 6.92 Å². The lowest BCUT2D eigenvalue weighted by Crippen LogP contribution is -2.33. The van der Waals surface area contributed by atoms with Crippen LogP contribution in [-0.2, 0) is 9.53 Å². The lowest BCUT2D eigenvalue weighted by atomic mass is 10.1. The van der Waals surface area contributed by atoms with Crippen molar-refractivity contribution in [3.63, 3.8) is 0 Å². The molecule has 1 aromatic rings. The number of halogens is 1. The van der Waals surface area contributed by atoms with E-state index < -0.39 is 28.2 Å². The van der Waals surface area contributed by atoms with Gasteiger partial charge in [-0.25, -0.2) is 4.39 Å². The van der Waals surface area contributed by atoms with Crippen LogP contribution in [0.25, 0.3) is 0 Å². The van der Waals surface area contributed by atoms with Gasteiger partial charge in [-0.2, -0.15) is 0 Å². The lowest BCUT2D eigenvalue weighted by Gasteiger charge is -2.16. The first-order chi connectivity index (χ1) is 9.77. The monoisotopic (exact) mass is 298 g/mol. The second-order valence-corrected chi connectivity index (χ2v) is 4.35. The summed E-state index contributed by atoms with van der Waals surface area (Å²) in [7, 11) is 1.28. The van der Waals surface area contributed by atoms with Crippen LogP contribution in [0.2, 0.25) is 0 Å². The Hall–Kier alpha value is -2.51. The van der Waals surface area contributed by atoms with Gasteiger partial charge in [-0.15, -0.1) is 0 Å². The van der Waals surface area contributed by atoms with Gasteiger partial charge in [-0.1, -0.05) is 0 Å². The maximum Gasteiger partial charge on any atom is 0.325 e. The summed E-state index contributed by atoms with van der Waals surface area (Å²) in [6.07, 6.45) is 0. The number of hydrogen-bond donors (Lipinski definition) is 0. The molecule has 1 aromatic carbocycles. The van der Waals surface area contributed by atoms with Gasteiger partial charge in [0, 0.05) is 19.2 Å². The summed E-state index contributed by atoms with van der Waals surface area (Å²) in [6, 6.07) is 1.89. The number of rotatable bonds is 5. The third kappa shape index (κ3) is 3.98. The number of amides is 1. The smallest absolute Gasteiger partial charge is 0.325 e. The van der Waals surface area contributed by atoms with Gasteiger partial charge in [0.15, 0.2) is 0 Å². The molecule has 0 saturated heterocycles. The molecule has 114 valence electrons. The van der Waals surface area contributed by atoms with Crippen LogP contribution in [0.15, 0.2) is 12.1 Å². The highest BCUT2D eigenvalue weighted by atomic mass is 19.1. The highest BCUT2D eigenvalue weighted by Crippen LogP contribution is 2.22. The van der Waals surface area contributed by atoms with Crippen LogP contribution in [0.4, 0.5) is 10.1 Å². The summed E-state index contributed by atoms with van der Waals surface area (Å²) < 4.78 is 18.6. The Balaban J connectivity index is 3.06. The van der Waals surface area contributed by atoms with Gasteiger partial charge in [-0.3, -0.25) is 19.7 Å². The van der Waals surface area contributed by atoms with E-state index in [-0.39, 0.29) is 24.4 Å². The summed E-state index contributed by atoms with van der Waals surface area (Å²) in [6.45, 7) is 2.73. The number of aryl methyl sites for hydroxylation is 1. The number of nitrogens with zero attached hydrogens (tertiary/aromatic N) is 2. The zero-order valence-corrected chi connectivity index (χ0v) is 11.9. The van der Waals surface area contributed by atoms with E-state index >= 15 is 0 Å². The molecule has 0 aliphatic carbocycles. The molecule has 21 heavy (non-hydrogen) atoms. The van der Waals surface area contributed by atoms with Crippen molar-refractivity contribution < 1.29 is 23.6 Å². The van der Waals surface area contributed by atoms with E-state index in [4.69, 9.17) is 0 Å². The highest BCUT2D eigenvalue weighted by molar-refractivity contribution is 5.96. The fourth-order valence-corrected chi connectivity index (χ4v) is 1.69. The van der Waals surface area contributed by atoms with Gasteiger partial charge < -0.3 is 9.64 Å². The van der Waals surface area contributed by atoms with Crippen molar-refractivity contribution in [1.29, 1.82) is 0 Å². The fourth-order valence-electron chi connectivity index (χ4n) is 1.69. The maximum absolute atomic E-state index is 14.0. The summed E-state index contributed by atoms with van der Waals surface area (Å²) in [5.41, 5.74) is -0.854. The average Bonchev–Trinajstić information content (AvgIpc) is 2.40. The summed E-state index contributed by atoms with van der Waals surface area (Å²) in [5.74, 6) is -2.32. The summed E-state index contributed by atoms with van der Waals surface area (Å²) in [4.78, 5) is 34.4. The number of likely N-dealkylation sites (N-methyl/N-ethyl adjacent to an activating group) is 1. The molecule has 0 aliphatic heterocycles. The van der Waals surface area contributed by atoms with Gasteiger partial charge in [-0.05, 0) is 19.4 Å². The maximum atomic E-state index is 14.0. The number of esters is 1. The number of carbonyl (C=O) groups excluding carboxylic acids is 2. The number of ether oxygens (including phenoxy) is 1. The molecular weight excluding hydrogens is 283 g/mol. The SMILES string of the molecule is CCOC(=O)CN(C)C(=O)c1cc([N+](=O)[O-])cc(C)c1F. The first kappa shape index (κ1) is 16.5. The van der Waals surface area contributed by atoms with E-state index in [9.17, 15) is 24.1 Å². The molecule has 0 N–H and O–H groups in total. The molecular formula is C13H15FN2O5. The molecule has 7 nitrogen and oxygen atoms in total. The number of hydrogen-bond acceptors (Lipinski definition) is 5. The van der Waals surface area contributed by atoms with Crippen molar-refractivity contribution in [3.8, 4) is 0 Å². The normalized spacial score (nSPS) is 10.1. The van der Waals surface area contributed by atoms with Crippen molar-refractivity contribution in [2.45, 2.75) is 13.8 Å². The molecule has 0 atom stereocenters. The minimum Gasteiger partial charge on any atom is -0.465 e. The zero-order chi connectivity index (χ0) is 16.2. The van der Waals surface area contributed by atoms with Gasteiger partial charge >= 0.3 is 5.97 Å². The van der Waals surface area contributed by atoms with Crippen LogP contribution in [-0.4, -0.2) is 41.9 Å². The second kappa shape index (κ2) is 6.78. The Morgan fingerprint density at radius 2 is 2.05 bits per heavy atom. The Labute approximate surface area is 120 Å². The largest absolute Gasteiger partial charge is 0.465 e. The molecule has 0 radical (unpaired) electrons. The topological polar surface area (TPSA) is 89.8 Å². The third-order valence-corrected chi connectivity index (χ3v) is 2.70. The van der Waals surface area contributed by atoms with E-state index in [2.05, 4.69) is 4.74 Å². The molecule has 1 amide bonds. The van der Waals surface area contributed by atoms with Gasteiger partial charge in [0.1, 0.15) is 12.4 Å². The van der Waals surface area contributed by atoms with Crippen LogP contribution in [0, 0.1) is 22.9 Å². The number of nitro groups is 1. The van der Waals surface area contributed by atoms with E-state index in [1.165, 1.54) is 14.0 Å². The van der Waals surface area contributed by atoms with E-state index in [1.807, 2.05) is 0 Å². The third-order valence-electron chi connectivity index (χ3n) is 2.70. The Kier molecular flexibility index (Phi) is 5.34. The number of nitro benzene ring substituents is 1. The van der Waals surface area contributed by atoms with E-state index in [0.717, 1.165) is 17.0 Å².